The van der Waals surface area contributed by atoms with Crippen LogP contribution in [-0.4, -0.2) is 9.78 Å². The van der Waals surface area contributed by atoms with Crippen molar-refractivity contribution in [2.45, 2.75) is 6.04 Å². The quantitative estimate of drug-likeness (QED) is 0.673. The van der Waals surface area contributed by atoms with Crippen molar-refractivity contribution in [1.82, 2.24) is 15.2 Å². The van der Waals surface area contributed by atoms with Crippen LogP contribution in [0.3, 0.4) is 0 Å². The van der Waals surface area contributed by atoms with E-state index in [4.69, 9.17) is 5.84 Å². The summed E-state index contributed by atoms with van der Waals surface area (Å²) in [5, 5.41) is 4.04. The van der Waals surface area contributed by atoms with Crippen LogP contribution in [0.25, 0.3) is 0 Å². The molecule has 2 rings (SSSR count). The minimum Gasteiger partial charge on any atom is -0.271 e. The molecule has 0 aliphatic rings. The first-order valence-electron chi connectivity index (χ1n) is 5.13. The van der Waals surface area contributed by atoms with Crippen molar-refractivity contribution in [2.24, 2.45) is 12.9 Å². The second-order valence-electron chi connectivity index (χ2n) is 3.77. The molecule has 4 nitrogen and oxygen atoms in total. The van der Waals surface area contributed by atoms with Gasteiger partial charge in [0.1, 0.15) is 11.6 Å². The topological polar surface area (TPSA) is 55.9 Å². The number of nitrogens with two attached hydrogens (primary N) is 1. The highest BCUT2D eigenvalue weighted by Crippen LogP contribution is 2.29. The van der Waals surface area contributed by atoms with Crippen molar-refractivity contribution < 1.29 is 8.78 Å². The van der Waals surface area contributed by atoms with Gasteiger partial charge in [-0.2, -0.15) is 5.10 Å². The second-order valence-corrected chi connectivity index (χ2v) is 4.62. The number of hydrogen-bond donors (Lipinski definition) is 2. The third kappa shape index (κ3) is 2.29. The molecule has 0 spiro atoms. The summed E-state index contributed by atoms with van der Waals surface area (Å²) in [6.45, 7) is 0. The van der Waals surface area contributed by atoms with E-state index in [1.807, 2.05) is 0 Å². The molecule has 0 aliphatic heterocycles. The lowest BCUT2D eigenvalue weighted by atomic mass is 10.0. The first kappa shape index (κ1) is 13.1. The van der Waals surface area contributed by atoms with E-state index >= 15 is 0 Å². The highest BCUT2D eigenvalue weighted by molar-refractivity contribution is 9.10. The van der Waals surface area contributed by atoms with Crippen LogP contribution in [0, 0.1) is 11.6 Å². The molecule has 1 unspecified atom stereocenters. The Morgan fingerprint density at radius 1 is 1.44 bits per heavy atom. The van der Waals surface area contributed by atoms with Crippen molar-refractivity contribution in [3.05, 3.63) is 51.8 Å². The Bertz CT molecular complexity index is 551. The smallest absolute Gasteiger partial charge is 0.131 e. The lowest BCUT2D eigenvalue weighted by Gasteiger charge is -2.18. The molecule has 0 aliphatic carbocycles. The van der Waals surface area contributed by atoms with Gasteiger partial charge in [-0.3, -0.25) is 10.5 Å². The zero-order chi connectivity index (χ0) is 13.3. The normalized spacial score (nSPS) is 12.7. The van der Waals surface area contributed by atoms with Gasteiger partial charge >= 0.3 is 0 Å². The molecule has 18 heavy (non-hydrogen) atoms. The van der Waals surface area contributed by atoms with Crippen LogP contribution in [0.2, 0.25) is 0 Å². The highest BCUT2D eigenvalue weighted by Gasteiger charge is 2.22. The minimum absolute atomic E-state index is 0.253. The van der Waals surface area contributed by atoms with Crippen LogP contribution in [-0.2, 0) is 7.05 Å². The minimum atomic E-state index is -0.661. The third-order valence-electron chi connectivity index (χ3n) is 2.65. The molecule has 2 aromatic rings. The molecule has 1 aromatic heterocycles. The van der Waals surface area contributed by atoms with E-state index in [2.05, 4.69) is 26.5 Å². The van der Waals surface area contributed by atoms with Crippen molar-refractivity contribution in [3.63, 3.8) is 0 Å². The SMILES string of the molecule is Cn1ncc(Br)c1C(NN)c1ccc(F)cc1F. The number of aryl methyl sites for hydroxylation is 1. The Morgan fingerprint density at radius 3 is 2.67 bits per heavy atom. The van der Waals surface area contributed by atoms with E-state index in [1.54, 1.807) is 17.9 Å². The largest absolute Gasteiger partial charge is 0.271 e. The van der Waals surface area contributed by atoms with Gasteiger partial charge in [-0.15, -0.1) is 0 Å². The molecule has 3 N–H and O–H groups in total. The van der Waals surface area contributed by atoms with Gasteiger partial charge in [-0.1, -0.05) is 6.07 Å². The van der Waals surface area contributed by atoms with Gasteiger partial charge in [0.2, 0.25) is 0 Å². The van der Waals surface area contributed by atoms with Gasteiger partial charge in [0.25, 0.3) is 0 Å². The standard InChI is InChI=1S/C11H11BrF2N4/c1-18-11(8(12)5-16-18)10(17-15)7-3-2-6(13)4-9(7)14/h2-5,10,17H,15H2,1H3. The summed E-state index contributed by atoms with van der Waals surface area (Å²) in [7, 11) is 1.71. The van der Waals surface area contributed by atoms with Crippen LogP contribution in [0.5, 0.6) is 0 Å². The van der Waals surface area contributed by atoms with Crippen LogP contribution in [0.15, 0.2) is 28.9 Å². The van der Waals surface area contributed by atoms with E-state index in [0.717, 1.165) is 6.07 Å². The Balaban J connectivity index is 2.52. The number of nitrogens with zero attached hydrogens (tertiary/aromatic N) is 2. The second kappa shape index (κ2) is 5.13. The van der Waals surface area contributed by atoms with E-state index in [-0.39, 0.29) is 5.56 Å². The lowest BCUT2D eigenvalue weighted by molar-refractivity contribution is 0.521. The predicted molar refractivity (Wildman–Crippen MR) is 66.4 cm³/mol. The van der Waals surface area contributed by atoms with Crippen molar-refractivity contribution in [3.8, 4) is 0 Å². The fourth-order valence-electron chi connectivity index (χ4n) is 1.80. The Kier molecular flexibility index (Phi) is 3.74. The number of benzene rings is 1. The summed E-state index contributed by atoms with van der Waals surface area (Å²) in [6, 6.07) is 2.75. The Hall–Kier alpha value is -1.31. The molecule has 1 heterocycles. The molecule has 7 heteroatoms. The monoisotopic (exact) mass is 316 g/mol. The van der Waals surface area contributed by atoms with Gasteiger partial charge in [-0.25, -0.2) is 14.2 Å². The number of hydrogen-bond acceptors (Lipinski definition) is 3. The molecule has 0 saturated heterocycles. The molecular formula is C11H11BrF2N4. The summed E-state index contributed by atoms with van der Waals surface area (Å²) in [5.74, 6) is 4.18. The maximum absolute atomic E-state index is 13.8. The molecular weight excluding hydrogens is 306 g/mol. The third-order valence-corrected chi connectivity index (χ3v) is 3.26. The van der Waals surface area contributed by atoms with Gasteiger partial charge in [-0.05, 0) is 22.0 Å². The summed E-state index contributed by atoms with van der Waals surface area (Å²) >= 11 is 3.32. The first-order valence-corrected chi connectivity index (χ1v) is 5.92. The van der Waals surface area contributed by atoms with Crippen molar-refractivity contribution in [1.29, 1.82) is 0 Å². The zero-order valence-electron chi connectivity index (χ0n) is 9.49. The number of halogens is 3. The number of aromatic nitrogens is 2. The van der Waals surface area contributed by atoms with Gasteiger partial charge < -0.3 is 0 Å². The molecule has 0 radical (unpaired) electrons. The first-order chi connectivity index (χ1) is 8.54. The van der Waals surface area contributed by atoms with E-state index in [1.165, 1.54) is 12.1 Å². The van der Waals surface area contributed by atoms with Gasteiger partial charge in [0.15, 0.2) is 0 Å². The van der Waals surface area contributed by atoms with Crippen LogP contribution < -0.4 is 11.3 Å². The Labute approximate surface area is 111 Å². The average Bonchev–Trinajstić information content (AvgIpc) is 2.64. The number of rotatable bonds is 3. The van der Waals surface area contributed by atoms with Gasteiger partial charge in [0.05, 0.1) is 22.4 Å². The van der Waals surface area contributed by atoms with Gasteiger partial charge in [0, 0.05) is 18.7 Å². The average molecular weight is 317 g/mol. The van der Waals surface area contributed by atoms with Crippen molar-refractivity contribution in [2.75, 3.05) is 0 Å². The van der Waals surface area contributed by atoms with Crippen LogP contribution >= 0.6 is 15.9 Å². The zero-order valence-corrected chi connectivity index (χ0v) is 11.1. The summed E-state index contributed by atoms with van der Waals surface area (Å²) < 4.78 is 28.9. The van der Waals surface area contributed by atoms with E-state index in [0.29, 0.717) is 10.2 Å². The van der Waals surface area contributed by atoms with E-state index < -0.39 is 17.7 Å². The summed E-state index contributed by atoms with van der Waals surface area (Å²) in [4.78, 5) is 0. The Morgan fingerprint density at radius 2 is 2.17 bits per heavy atom. The number of hydrazine groups is 1. The molecule has 0 bridgehead atoms. The van der Waals surface area contributed by atoms with Crippen LogP contribution in [0.1, 0.15) is 17.3 Å². The molecule has 0 saturated carbocycles. The van der Waals surface area contributed by atoms with Crippen LogP contribution in [0.4, 0.5) is 8.78 Å². The predicted octanol–water partition coefficient (Wildman–Crippen LogP) is 2.01. The summed E-state index contributed by atoms with van der Waals surface area (Å²) in [6.07, 6.45) is 1.58. The molecule has 96 valence electrons. The lowest BCUT2D eigenvalue weighted by Crippen LogP contribution is -2.31. The maximum Gasteiger partial charge on any atom is 0.131 e. The van der Waals surface area contributed by atoms with Crippen molar-refractivity contribution >= 4 is 15.9 Å². The molecule has 1 atom stereocenters. The van der Waals surface area contributed by atoms with E-state index in [9.17, 15) is 8.78 Å². The highest BCUT2D eigenvalue weighted by atomic mass is 79.9. The fourth-order valence-corrected chi connectivity index (χ4v) is 2.37. The maximum atomic E-state index is 13.8. The molecule has 0 fully saturated rings. The number of nitrogens with one attached hydrogen (secondary N) is 1. The molecule has 1 aromatic carbocycles. The summed E-state index contributed by atoms with van der Waals surface area (Å²) in [5.41, 5.74) is 3.42. The fraction of sp³-hybridized carbons (Fsp3) is 0.182. The molecule has 0 amide bonds.